The van der Waals surface area contributed by atoms with Gasteiger partial charge in [-0.25, -0.2) is 9.78 Å². The molecule has 8 heteroatoms. The summed E-state index contributed by atoms with van der Waals surface area (Å²) in [6.45, 7) is 6.58. The zero-order chi connectivity index (χ0) is 23.4. The van der Waals surface area contributed by atoms with Crippen LogP contribution in [0.5, 0.6) is 0 Å². The van der Waals surface area contributed by atoms with E-state index in [0.29, 0.717) is 31.1 Å². The number of aliphatic carboxylic acids is 1. The van der Waals surface area contributed by atoms with Crippen LogP contribution in [0, 0.1) is 35.5 Å². The molecule has 184 valence electrons. The van der Waals surface area contributed by atoms with E-state index in [2.05, 4.69) is 13.8 Å². The van der Waals surface area contributed by atoms with Crippen LogP contribution in [0.3, 0.4) is 0 Å². The highest BCUT2D eigenvalue weighted by atomic mass is 17.3. The Hall–Kier alpha value is -1.48. The smallest absolute Gasteiger partial charge is 0.310 e. The third kappa shape index (κ3) is 3.83. The molecule has 0 aromatic carbocycles. The fraction of sp³-hybridized carbons (Fsp3) is 0.840. The van der Waals surface area contributed by atoms with E-state index in [0.717, 1.165) is 25.7 Å². The highest BCUT2D eigenvalue weighted by Gasteiger charge is 2.69. The van der Waals surface area contributed by atoms with E-state index in [4.69, 9.17) is 24.0 Å². The number of ether oxygens (including phenoxy) is 3. The fourth-order valence-corrected chi connectivity index (χ4v) is 7.04. The first-order chi connectivity index (χ1) is 15.7. The lowest BCUT2D eigenvalue weighted by Crippen LogP contribution is -2.70. The fourth-order valence-electron chi connectivity index (χ4n) is 7.04. The predicted molar refractivity (Wildman–Crippen MR) is 115 cm³/mol. The minimum absolute atomic E-state index is 0.138. The SMILES string of the molecule is C[C@H]1[C@@H](CCOC(=O)C2CC=CCC2C(=O)O)O[C@@H]2O[C@]3(C)CC[C@H]4[C@H](C)CC[C@@H]1[C@@]24OO3. The molecular weight excluding hydrogens is 428 g/mol. The maximum absolute atomic E-state index is 12.6. The van der Waals surface area contributed by atoms with Gasteiger partial charge < -0.3 is 19.3 Å². The van der Waals surface area contributed by atoms with Crippen molar-refractivity contribution in [2.75, 3.05) is 6.61 Å². The number of carboxylic acids is 1. The van der Waals surface area contributed by atoms with E-state index >= 15 is 0 Å². The van der Waals surface area contributed by atoms with Gasteiger partial charge in [-0.1, -0.05) is 26.0 Å². The number of carboxylic acid groups (broad SMARTS) is 1. The van der Waals surface area contributed by atoms with Crippen molar-refractivity contribution in [3.8, 4) is 0 Å². The molecule has 1 saturated carbocycles. The Morgan fingerprint density at radius 1 is 1.06 bits per heavy atom. The molecule has 1 spiro atoms. The van der Waals surface area contributed by atoms with E-state index in [1.807, 2.05) is 19.1 Å². The molecule has 1 N–H and O–H groups in total. The molecule has 0 radical (unpaired) electrons. The first-order valence-electron chi connectivity index (χ1n) is 12.5. The molecule has 5 fully saturated rings. The Bertz CT molecular complexity index is 812. The summed E-state index contributed by atoms with van der Waals surface area (Å²) >= 11 is 0. The number of carbonyl (C=O) groups is 2. The van der Waals surface area contributed by atoms with Crippen molar-refractivity contribution in [3.05, 3.63) is 12.2 Å². The van der Waals surface area contributed by atoms with Gasteiger partial charge in [0.2, 0.25) is 5.79 Å². The van der Waals surface area contributed by atoms with Crippen molar-refractivity contribution in [3.63, 3.8) is 0 Å². The van der Waals surface area contributed by atoms with E-state index in [1.165, 1.54) is 0 Å². The third-order valence-electron chi connectivity index (χ3n) is 8.99. The van der Waals surface area contributed by atoms with Gasteiger partial charge in [0.15, 0.2) is 11.9 Å². The molecule has 0 amide bonds. The van der Waals surface area contributed by atoms with Crippen LogP contribution in [0.4, 0.5) is 0 Å². The quantitative estimate of drug-likeness (QED) is 0.372. The molecule has 2 bridgehead atoms. The molecule has 33 heavy (non-hydrogen) atoms. The van der Waals surface area contributed by atoms with Gasteiger partial charge in [-0.15, -0.1) is 0 Å². The van der Waals surface area contributed by atoms with Gasteiger partial charge in [-0.3, -0.25) is 9.59 Å². The number of fused-ring (bicyclic) bond motifs is 2. The summed E-state index contributed by atoms with van der Waals surface area (Å²) in [5.41, 5.74) is -0.594. The van der Waals surface area contributed by atoms with E-state index in [-0.39, 0.29) is 24.5 Å². The second kappa shape index (κ2) is 8.63. The molecule has 4 heterocycles. The molecule has 0 aromatic heterocycles. The van der Waals surface area contributed by atoms with Crippen molar-refractivity contribution in [2.45, 2.75) is 89.5 Å². The van der Waals surface area contributed by atoms with Crippen molar-refractivity contribution in [1.29, 1.82) is 0 Å². The van der Waals surface area contributed by atoms with Crippen LogP contribution >= 0.6 is 0 Å². The Morgan fingerprint density at radius 3 is 2.58 bits per heavy atom. The number of rotatable bonds is 5. The monoisotopic (exact) mass is 464 g/mol. The van der Waals surface area contributed by atoms with Crippen LogP contribution in [-0.4, -0.2) is 47.4 Å². The molecule has 0 aromatic rings. The maximum atomic E-state index is 12.6. The normalized spacial score (nSPS) is 48.6. The number of hydrogen-bond acceptors (Lipinski definition) is 7. The third-order valence-corrected chi connectivity index (χ3v) is 8.99. The Labute approximate surface area is 194 Å². The molecule has 4 aliphatic heterocycles. The molecule has 2 unspecified atom stereocenters. The zero-order valence-electron chi connectivity index (χ0n) is 19.7. The zero-order valence-corrected chi connectivity index (χ0v) is 19.7. The van der Waals surface area contributed by atoms with Crippen molar-refractivity contribution < 1.29 is 38.7 Å². The molecule has 6 rings (SSSR count). The Kier molecular flexibility index (Phi) is 6.08. The number of carbonyl (C=O) groups excluding carboxylic acids is 1. The van der Waals surface area contributed by atoms with Gasteiger partial charge in [0, 0.05) is 18.8 Å². The van der Waals surface area contributed by atoms with Crippen LogP contribution in [0.2, 0.25) is 0 Å². The maximum Gasteiger partial charge on any atom is 0.310 e. The van der Waals surface area contributed by atoms with E-state index < -0.39 is 41.5 Å². The minimum atomic E-state index is -0.951. The summed E-state index contributed by atoms with van der Waals surface area (Å²) in [5.74, 6) is -2.30. The number of allylic oxidation sites excluding steroid dienone is 2. The highest BCUT2D eigenvalue weighted by molar-refractivity contribution is 5.81. The average molecular weight is 465 g/mol. The topological polar surface area (TPSA) is 101 Å². The molecule has 6 aliphatic rings. The van der Waals surface area contributed by atoms with Gasteiger partial charge in [-0.2, -0.15) is 0 Å². The summed E-state index contributed by atoms with van der Waals surface area (Å²) in [7, 11) is 0. The van der Waals surface area contributed by atoms with Crippen LogP contribution in [-0.2, 0) is 33.6 Å². The molecular formula is C25H36O8. The minimum Gasteiger partial charge on any atom is -0.481 e. The van der Waals surface area contributed by atoms with Crippen LogP contribution < -0.4 is 0 Å². The lowest BCUT2D eigenvalue weighted by atomic mass is 9.57. The van der Waals surface area contributed by atoms with Crippen LogP contribution in [0.25, 0.3) is 0 Å². The van der Waals surface area contributed by atoms with Gasteiger partial charge in [0.05, 0.1) is 24.5 Å². The van der Waals surface area contributed by atoms with E-state index in [1.54, 1.807) is 0 Å². The van der Waals surface area contributed by atoms with Gasteiger partial charge in [-0.05, 0) is 56.8 Å². The van der Waals surface area contributed by atoms with Crippen molar-refractivity contribution in [1.82, 2.24) is 0 Å². The number of esters is 1. The molecule has 8 nitrogen and oxygen atoms in total. The second-order valence-corrected chi connectivity index (χ2v) is 10.9. The lowest BCUT2D eigenvalue weighted by molar-refractivity contribution is -0.571. The van der Waals surface area contributed by atoms with Gasteiger partial charge in [0.1, 0.15) is 0 Å². The number of hydrogen-bond donors (Lipinski definition) is 1. The van der Waals surface area contributed by atoms with Crippen LogP contribution in [0.15, 0.2) is 12.2 Å². The van der Waals surface area contributed by atoms with Gasteiger partial charge in [0.25, 0.3) is 0 Å². The van der Waals surface area contributed by atoms with Gasteiger partial charge >= 0.3 is 11.9 Å². The summed E-state index contributed by atoms with van der Waals surface area (Å²) in [5, 5.41) is 9.43. The predicted octanol–water partition coefficient (Wildman–Crippen LogP) is 3.84. The molecule has 2 aliphatic carbocycles. The lowest BCUT2D eigenvalue weighted by Gasteiger charge is -2.60. The largest absolute Gasteiger partial charge is 0.481 e. The highest BCUT2D eigenvalue weighted by Crippen LogP contribution is 2.60. The second-order valence-electron chi connectivity index (χ2n) is 10.9. The summed E-state index contributed by atoms with van der Waals surface area (Å²) < 4.78 is 18.5. The van der Waals surface area contributed by atoms with Crippen LogP contribution in [0.1, 0.15) is 65.7 Å². The Morgan fingerprint density at radius 2 is 1.82 bits per heavy atom. The first-order valence-corrected chi connectivity index (χ1v) is 12.5. The average Bonchev–Trinajstić information content (AvgIpc) is 3.03. The summed E-state index contributed by atoms with van der Waals surface area (Å²) in [6.07, 6.45) is 8.26. The van der Waals surface area contributed by atoms with Crippen molar-refractivity contribution >= 4 is 11.9 Å². The van der Waals surface area contributed by atoms with Crippen molar-refractivity contribution in [2.24, 2.45) is 35.5 Å². The summed E-state index contributed by atoms with van der Waals surface area (Å²) in [4.78, 5) is 36.2. The standard InChI is InChI=1S/C25H36O8/c1-14-8-9-19-15(2)20(11-13-29-22(28)17-7-5-4-6-16(17)21(26)27)30-23-25(19)18(14)10-12-24(3,31-23)32-33-25/h4-5,14-20,23H,6-13H2,1-3H3,(H,26,27)/t14-,15-,16?,17?,18+,19+,20-,23-,24+,25-/m1/s1. The summed E-state index contributed by atoms with van der Waals surface area (Å²) in [6, 6.07) is 0. The molecule has 4 saturated heterocycles. The van der Waals surface area contributed by atoms with E-state index in [9.17, 15) is 14.7 Å². The molecule has 10 atom stereocenters. The Balaban J connectivity index is 1.26. The first kappa shape index (κ1) is 23.3.